The Morgan fingerprint density at radius 2 is 1.83 bits per heavy atom. The van der Waals surface area contributed by atoms with Gasteiger partial charge in [-0.2, -0.15) is 0 Å². The number of hydrogen-bond acceptors (Lipinski definition) is 2. The van der Waals surface area contributed by atoms with Gasteiger partial charge in [0.05, 0.1) is 12.7 Å². The van der Waals surface area contributed by atoms with Gasteiger partial charge in [-0.3, -0.25) is 0 Å². The van der Waals surface area contributed by atoms with E-state index in [0.717, 1.165) is 19.3 Å². The summed E-state index contributed by atoms with van der Waals surface area (Å²) in [5, 5.41) is 18.9. The lowest BCUT2D eigenvalue weighted by Gasteiger charge is -2.27. The number of hydrogen-bond donors (Lipinski definition) is 2. The molecule has 12 heavy (non-hydrogen) atoms. The Hall–Kier alpha value is -0.0800. The molecule has 1 atom stereocenters. The highest BCUT2D eigenvalue weighted by Gasteiger charge is 2.49. The van der Waals surface area contributed by atoms with Gasteiger partial charge in [-0.25, -0.2) is 0 Å². The highest BCUT2D eigenvalue weighted by molar-refractivity contribution is 4.99. The van der Waals surface area contributed by atoms with Crippen LogP contribution in [0.2, 0.25) is 0 Å². The van der Waals surface area contributed by atoms with Gasteiger partial charge in [0.25, 0.3) is 0 Å². The Kier molecular flexibility index (Phi) is 2.50. The first-order chi connectivity index (χ1) is 5.40. The topological polar surface area (TPSA) is 40.5 Å². The smallest absolute Gasteiger partial charge is 0.0623 e. The van der Waals surface area contributed by atoms with Gasteiger partial charge >= 0.3 is 0 Å². The summed E-state index contributed by atoms with van der Waals surface area (Å²) in [5.41, 5.74) is 0.0253. The van der Waals surface area contributed by atoms with Crippen molar-refractivity contribution in [3.63, 3.8) is 0 Å². The first-order valence-electron chi connectivity index (χ1n) is 4.69. The lowest BCUT2D eigenvalue weighted by molar-refractivity contribution is 0.0223. The normalized spacial score (nSPS) is 23.8. The quantitative estimate of drug-likeness (QED) is 0.678. The molecule has 1 rings (SSSR count). The molecule has 0 bridgehead atoms. The minimum atomic E-state index is -0.317. The molecule has 1 aliphatic rings. The van der Waals surface area contributed by atoms with Crippen molar-refractivity contribution < 1.29 is 10.2 Å². The highest BCUT2D eigenvalue weighted by atomic mass is 16.3. The average molecular weight is 172 g/mol. The fraction of sp³-hybridized carbons (Fsp3) is 1.00. The average Bonchev–Trinajstić information content (AvgIpc) is 2.62. The first-order valence-corrected chi connectivity index (χ1v) is 4.69. The van der Waals surface area contributed by atoms with Crippen LogP contribution in [0.15, 0.2) is 0 Å². The molecule has 1 saturated carbocycles. The Morgan fingerprint density at radius 3 is 2.08 bits per heavy atom. The molecule has 0 heterocycles. The molecule has 0 aliphatic heterocycles. The van der Waals surface area contributed by atoms with E-state index in [1.54, 1.807) is 0 Å². The van der Waals surface area contributed by atoms with Gasteiger partial charge in [0, 0.05) is 5.41 Å². The molecular formula is C10H20O2. The van der Waals surface area contributed by atoms with E-state index < -0.39 is 0 Å². The van der Waals surface area contributed by atoms with Crippen molar-refractivity contribution in [1.82, 2.24) is 0 Å². The van der Waals surface area contributed by atoms with E-state index >= 15 is 0 Å². The maximum absolute atomic E-state index is 9.82. The first kappa shape index (κ1) is 10.0. The van der Waals surface area contributed by atoms with Crippen molar-refractivity contribution >= 4 is 0 Å². The van der Waals surface area contributed by atoms with Crippen LogP contribution in [0.25, 0.3) is 0 Å². The number of rotatable bonds is 3. The predicted molar refractivity (Wildman–Crippen MR) is 48.8 cm³/mol. The summed E-state index contributed by atoms with van der Waals surface area (Å²) in [6, 6.07) is 0. The molecule has 0 aromatic heterocycles. The second-order valence-corrected chi connectivity index (χ2v) is 5.30. The Balaban J connectivity index is 2.43. The fourth-order valence-electron chi connectivity index (χ4n) is 1.55. The van der Waals surface area contributed by atoms with Crippen molar-refractivity contribution in [2.45, 2.75) is 46.1 Å². The molecule has 1 fully saturated rings. The van der Waals surface area contributed by atoms with Crippen molar-refractivity contribution in [2.24, 2.45) is 10.8 Å². The van der Waals surface area contributed by atoms with E-state index in [-0.39, 0.29) is 23.5 Å². The van der Waals surface area contributed by atoms with Crippen molar-refractivity contribution in [1.29, 1.82) is 0 Å². The zero-order chi connectivity index (χ0) is 9.41. The zero-order valence-electron chi connectivity index (χ0n) is 8.30. The lowest BCUT2D eigenvalue weighted by Crippen LogP contribution is -2.29. The molecule has 1 aliphatic carbocycles. The third-order valence-electron chi connectivity index (χ3n) is 2.72. The maximum atomic E-state index is 9.82. The van der Waals surface area contributed by atoms with Crippen LogP contribution in [-0.4, -0.2) is 22.9 Å². The summed E-state index contributed by atoms with van der Waals surface area (Å²) in [4.78, 5) is 0. The molecule has 0 amide bonds. The predicted octanol–water partition coefficient (Wildman–Crippen LogP) is 1.56. The molecule has 72 valence electrons. The largest absolute Gasteiger partial charge is 0.396 e. The second-order valence-electron chi connectivity index (χ2n) is 5.30. The van der Waals surface area contributed by atoms with Crippen LogP contribution >= 0.6 is 0 Å². The third kappa shape index (κ3) is 2.20. The van der Waals surface area contributed by atoms with Crippen LogP contribution in [0, 0.1) is 10.8 Å². The van der Waals surface area contributed by atoms with E-state index in [1.165, 1.54) is 0 Å². The van der Waals surface area contributed by atoms with Gasteiger partial charge < -0.3 is 10.2 Å². The number of aliphatic hydroxyl groups excluding tert-OH is 2. The molecule has 0 aromatic rings. The Morgan fingerprint density at radius 1 is 1.33 bits per heavy atom. The van der Waals surface area contributed by atoms with Crippen LogP contribution in [0.5, 0.6) is 0 Å². The summed E-state index contributed by atoms with van der Waals surface area (Å²) in [6.07, 6.45) is 2.44. The van der Waals surface area contributed by atoms with Crippen LogP contribution in [0.3, 0.4) is 0 Å². The van der Waals surface area contributed by atoms with E-state index in [1.807, 2.05) is 0 Å². The van der Waals surface area contributed by atoms with Crippen LogP contribution in [0.1, 0.15) is 40.0 Å². The minimum Gasteiger partial charge on any atom is -0.396 e. The summed E-state index contributed by atoms with van der Waals surface area (Å²) in [5.74, 6) is 0. The SMILES string of the molecule is CC(C)(C)C[C@@H](O)C1(CO)CC1. The summed E-state index contributed by atoms with van der Waals surface area (Å²) in [6.45, 7) is 6.49. The van der Waals surface area contributed by atoms with Gasteiger partial charge in [0.2, 0.25) is 0 Å². The zero-order valence-corrected chi connectivity index (χ0v) is 8.30. The van der Waals surface area contributed by atoms with Gasteiger partial charge in [0.1, 0.15) is 0 Å². The third-order valence-corrected chi connectivity index (χ3v) is 2.72. The molecule has 0 radical (unpaired) electrons. The summed E-state index contributed by atoms with van der Waals surface area (Å²) >= 11 is 0. The van der Waals surface area contributed by atoms with Crippen LogP contribution in [-0.2, 0) is 0 Å². The Bertz CT molecular complexity index is 154. The molecule has 0 spiro atoms. The lowest BCUT2D eigenvalue weighted by atomic mass is 9.83. The van der Waals surface area contributed by atoms with Gasteiger partial charge in [0.15, 0.2) is 0 Å². The van der Waals surface area contributed by atoms with Crippen molar-refractivity contribution in [2.75, 3.05) is 6.61 Å². The van der Waals surface area contributed by atoms with Crippen LogP contribution in [0.4, 0.5) is 0 Å². The second kappa shape index (κ2) is 3.00. The number of aliphatic hydroxyl groups is 2. The van der Waals surface area contributed by atoms with E-state index in [4.69, 9.17) is 5.11 Å². The molecule has 0 saturated heterocycles. The molecule has 0 aromatic carbocycles. The Labute approximate surface area is 74.6 Å². The molecule has 2 heteroatoms. The summed E-state index contributed by atoms with van der Waals surface area (Å²) in [7, 11) is 0. The van der Waals surface area contributed by atoms with E-state index in [0.29, 0.717) is 0 Å². The molecule has 0 unspecified atom stereocenters. The van der Waals surface area contributed by atoms with E-state index in [9.17, 15) is 5.11 Å². The highest BCUT2D eigenvalue weighted by Crippen LogP contribution is 2.50. The fourth-order valence-corrected chi connectivity index (χ4v) is 1.55. The molecule has 2 N–H and O–H groups in total. The van der Waals surface area contributed by atoms with Crippen LogP contribution < -0.4 is 0 Å². The van der Waals surface area contributed by atoms with Gasteiger partial charge in [-0.05, 0) is 24.7 Å². The monoisotopic (exact) mass is 172 g/mol. The standard InChI is InChI=1S/C10H20O2/c1-9(2,3)6-8(12)10(7-11)4-5-10/h8,11-12H,4-7H2,1-3H3/t8-/m1/s1. The van der Waals surface area contributed by atoms with Gasteiger partial charge in [-0.1, -0.05) is 20.8 Å². The van der Waals surface area contributed by atoms with Crippen molar-refractivity contribution in [3.8, 4) is 0 Å². The summed E-state index contributed by atoms with van der Waals surface area (Å²) < 4.78 is 0. The van der Waals surface area contributed by atoms with E-state index in [2.05, 4.69) is 20.8 Å². The molecule has 2 nitrogen and oxygen atoms in total. The minimum absolute atomic E-state index is 0.132. The van der Waals surface area contributed by atoms with Crippen molar-refractivity contribution in [3.05, 3.63) is 0 Å². The van der Waals surface area contributed by atoms with Gasteiger partial charge in [-0.15, -0.1) is 0 Å². The molecular weight excluding hydrogens is 152 g/mol. The maximum Gasteiger partial charge on any atom is 0.0623 e.